The number of phenols is 3. The van der Waals surface area contributed by atoms with E-state index in [1.165, 1.54) is 24.8 Å². The third-order valence-corrected chi connectivity index (χ3v) is 8.33. The minimum absolute atomic E-state index is 0.000276. The number of aromatic hydroxyl groups is 3. The number of rotatable bonds is 14. The molecule has 0 amide bonds. The van der Waals surface area contributed by atoms with Crippen molar-refractivity contribution >= 4 is 5.78 Å². The van der Waals surface area contributed by atoms with Gasteiger partial charge in [0, 0.05) is 12.8 Å². The zero-order valence-electron chi connectivity index (χ0n) is 23.6. The van der Waals surface area contributed by atoms with Gasteiger partial charge in [0.15, 0.2) is 23.0 Å². The van der Waals surface area contributed by atoms with Crippen LogP contribution in [0.15, 0.2) is 60.7 Å². The second kappa shape index (κ2) is 13.7. The Hall–Kier alpha value is -3.75. The van der Waals surface area contributed by atoms with Crippen molar-refractivity contribution < 1.29 is 34.7 Å². The van der Waals surface area contributed by atoms with E-state index in [4.69, 9.17) is 15.2 Å². The molecule has 4 rings (SSSR count). The highest BCUT2D eigenvalue weighted by molar-refractivity contribution is 5.79. The lowest BCUT2D eigenvalue weighted by molar-refractivity contribution is -0.121. The summed E-state index contributed by atoms with van der Waals surface area (Å²) < 4.78 is 10.5. The quantitative estimate of drug-likeness (QED) is 0.129. The van der Waals surface area contributed by atoms with Crippen molar-refractivity contribution in [3.63, 3.8) is 0 Å². The van der Waals surface area contributed by atoms with E-state index in [1.807, 2.05) is 18.2 Å². The van der Waals surface area contributed by atoms with E-state index in [0.29, 0.717) is 12.8 Å². The molecule has 8 nitrogen and oxygen atoms in total. The van der Waals surface area contributed by atoms with E-state index < -0.39 is 6.10 Å². The first-order chi connectivity index (χ1) is 19.7. The van der Waals surface area contributed by atoms with Gasteiger partial charge in [-0.15, -0.1) is 0 Å². The molecule has 220 valence electrons. The van der Waals surface area contributed by atoms with Crippen molar-refractivity contribution in [2.24, 2.45) is 5.73 Å². The highest BCUT2D eigenvalue weighted by atomic mass is 16.5. The number of aryl methyl sites for hydroxylation is 1. The molecule has 6 N–H and O–H groups in total. The summed E-state index contributed by atoms with van der Waals surface area (Å²) in [6.07, 6.45) is 5.10. The number of aliphatic hydroxyl groups is 1. The van der Waals surface area contributed by atoms with Gasteiger partial charge < -0.3 is 29.9 Å². The van der Waals surface area contributed by atoms with Gasteiger partial charge in [-0.1, -0.05) is 49.2 Å². The molecule has 0 bridgehead atoms. The number of carbonyl (C=O) groups is 1. The van der Waals surface area contributed by atoms with Crippen LogP contribution in [0.2, 0.25) is 0 Å². The smallest absolute Gasteiger partial charge is 0.200 e. The van der Waals surface area contributed by atoms with Crippen LogP contribution in [0.1, 0.15) is 74.0 Å². The maximum Gasteiger partial charge on any atom is 0.200 e. The molecule has 1 aliphatic rings. The first kappa shape index (κ1) is 30.2. The number of nitrogens with two attached hydrogens (primary N) is 1. The molecule has 0 radical (unpaired) electrons. The topological polar surface area (TPSA) is 142 Å². The zero-order valence-corrected chi connectivity index (χ0v) is 23.6. The first-order valence-electron chi connectivity index (χ1n) is 14.2. The van der Waals surface area contributed by atoms with Crippen molar-refractivity contribution in [2.45, 2.75) is 75.2 Å². The van der Waals surface area contributed by atoms with E-state index >= 15 is 0 Å². The predicted octanol–water partition coefficient (Wildman–Crippen LogP) is 5.44. The number of phenolic OH excluding ortho intramolecular Hbond substituents is 3. The Morgan fingerprint density at radius 3 is 2.39 bits per heavy atom. The molecule has 0 spiro atoms. The van der Waals surface area contributed by atoms with E-state index in [9.17, 15) is 25.2 Å². The molecule has 0 unspecified atom stereocenters. The summed E-state index contributed by atoms with van der Waals surface area (Å²) in [6.45, 7) is -0.0699. The summed E-state index contributed by atoms with van der Waals surface area (Å²) in [7, 11) is 1.43. The largest absolute Gasteiger partial charge is 0.504 e. The fourth-order valence-corrected chi connectivity index (χ4v) is 6.25. The fourth-order valence-electron chi connectivity index (χ4n) is 6.25. The summed E-state index contributed by atoms with van der Waals surface area (Å²) >= 11 is 0. The third kappa shape index (κ3) is 7.51. The van der Waals surface area contributed by atoms with E-state index in [1.54, 1.807) is 18.2 Å². The van der Waals surface area contributed by atoms with Gasteiger partial charge in [-0.05, 0) is 84.4 Å². The summed E-state index contributed by atoms with van der Waals surface area (Å²) in [5.41, 5.74) is 8.16. The van der Waals surface area contributed by atoms with Crippen LogP contribution in [0.25, 0.3) is 0 Å². The van der Waals surface area contributed by atoms with Crippen LogP contribution in [-0.4, -0.2) is 46.2 Å². The molecule has 41 heavy (non-hydrogen) atoms. The normalized spacial score (nSPS) is 15.8. The summed E-state index contributed by atoms with van der Waals surface area (Å²) in [5.74, 6) is -0.435. The Kier molecular flexibility index (Phi) is 10.1. The van der Waals surface area contributed by atoms with Gasteiger partial charge in [-0.3, -0.25) is 10.5 Å². The molecule has 3 aromatic carbocycles. The third-order valence-electron chi connectivity index (χ3n) is 8.33. The van der Waals surface area contributed by atoms with Crippen molar-refractivity contribution in [3.05, 3.63) is 77.4 Å². The predicted molar refractivity (Wildman–Crippen MR) is 157 cm³/mol. The number of ether oxygens (including phenoxy) is 2. The van der Waals surface area contributed by atoms with E-state index in [0.717, 1.165) is 43.2 Å². The summed E-state index contributed by atoms with van der Waals surface area (Å²) in [4.78, 5) is 12.9. The number of hydrogen-bond acceptors (Lipinski definition) is 8. The van der Waals surface area contributed by atoms with Gasteiger partial charge in [0.2, 0.25) is 5.75 Å². The molecular weight excluding hydrogens is 522 g/mol. The Morgan fingerprint density at radius 2 is 1.71 bits per heavy atom. The zero-order chi connectivity index (χ0) is 29.4. The second-order valence-electron chi connectivity index (χ2n) is 11.1. The fraction of sp³-hybridized carbons (Fsp3) is 0.424. The van der Waals surface area contributed by atoms with Gasteiger partial charge >= 0.3 is 0 Å². The highest BCUT2D eigenvalue weighted by Gasteiger charge is 2.39. The van der Waals surface area contributed by atoms with Crippen LogP contribution in [-0.2, 0) is 16.6 Å². The average Bonchev–Trinajstić information content (AvgIpc) is 3.45. The number of Topliss-reactive ketones (excluding diaryl/α,β-unsaturated/α-hetero) is 1. The van der Waals surface area contributed by atoms with E-state index in [2.05, 4.69) is 12.1 Å². The van der Waals surface area contributed by atoms with E-state index in [-0.39, 0.29) is 65.4 Å². The molecule has 0 saturated heterocycles. The van der Waals surface area contributed by atoms with Gasteiger partial charge in [-0.2, -0.15) is 0 Å². The van der Waals surface area contributed by atoms with Gasteiger partial charge in [-0.25, -0.2) is 0 Å². The van der Waals surface area contributed by atoms with Crippen molar-refractivity contribution in [1.82, 2.24) is 0 Å². The van der Waals surface area contributed by atoms with Crippen molar-refractivity contribution in [3.8, 4) is 28.7 Å². The molecule has 1 saturated carbocycles. The molecule has 2 atom stereocenters. The van der Waals surface area contributed by atoms with Gasteiger partial charge in [0.05, 0.1) is 13.2 Å². The van der Waals surface area contributed by atoms with Crippen LogP contribution in [0, 0.1) is 0 Å². The summed E-state index contributed by atoms with van der Waals surface area (Å²) in [5, 5.41) is 41.7. The Labute approximate surface area is 241 Å². The van der Waals surface area contributed by atoms with Crippen molar-refractivity contribution in [2.75, 3.05) is 13.8 Å². The number of hydrogen-bond donors (Lipinski definition) is 5. The Bertz CT molecular complexity index is 1300. The van der Waals surface area contributed by atoms with Gasteiger partial charge in [0.1, 0.15) is 12.5 Å². The second-order valence-corrected chi connectivity index (χ2v) is 11.1. The number of benzene rings is 3. The molecular formula is C33H41NO7. The molecule has 1 fully saturated rings. The first-order valence-corrected chi connectivity index (χ1v) is 14.2. The number of carbonyl (C=O) groups excluding carboxylic acids is 1. The molecule has 0 aliphatic heterocycles. The number of ketones is 1. The molecule has 0 heterocycles. The monoisotopic (exact) mass is 563 g/mol. The standard InChI is InChI=1S/C33H41NO7/c1-40-31-18-23(17-29(38)32(31)39)24(20-33(13-5-6-14-33)25-7-3-2-4-8-25)16-27(36)19-26(35)11-9-22-10-12-28(37)30(15-22)41-21-34/h2-4,7-8,10,12,15,17-18,24,27,36-39H,5-6,9,11,13-14,16,19-21,34H2,1H3/t24-,27-/m1/s1. The lowest BCUT2D eigenvalue weighted by atomic mass is 9.70. The van der Waals surface area contributed by atoms with Crippen LogP contribution < -0.4 is 15.2 Å². The molecule has 0 aromatic heterocycles. The minimum Gasteiger partial charge on any atom is -0.504 e. The number of aliphatic hydroxyl groups excluding tert-OH is 1. The summed E-state index contributed by atoms with van der Waals surface area (Å²) in [6, 6.07) is 18.6. The maximum absolute atomic E-state index is 12.9. The number of methoxy groups -OCH3 is 1. The Morgan fingerprint density at radius 1 is 0.976 bits per heavy atom. The Balaban J connectivity index is 1.51. The van der Waals surface area contributed by atoms with Crippen molar-refractivity contribution in [1.29, 1.82) is 0 Å². The van der Waals surface area contributed by atoms with Gasteiger partial charge in [0.25, 0.3) is 0 Å². The lowest BCUT2D eigenvalue weighted by Crippen LogP contribution is -2.27. The SMILES string of the molecule is COc1cc([C@H](C[C@@H](O)CC(=O)CCc2ccc(O)c(OCN)c2)CC2(c3ccccc3)CCCC2)cc(O)c1O. The molecule has 1 aliphatic carbocycles. The maximum atomic E-state index is 12.9. The lowest BCUT2D eigenvalue weighted by Gasteiger charge is -2.35. The van der Waals surface area contributed by atoms with Crippen LogP contribution in [0.5, 0.6) is 28.7 Å². The van der Waals surface area contributed by atoms with Crippen LogP contribution >= 0.6 is 0 Å². The highest BCUT2D eigenvalue weighted by Crippen LogP contribution is 2.50. The molecule has 8 heteroatoms. The minimum atomic E-state index is -0.889. The average molecular weight is 564 g/mol. The van der Waals surface area contributed by atoms with Crippen LogP contribution in [0.4, 0.5) is 0 Å². The molecule has 3 aromatic rings. The van der Waals surface area contributed by atoms with Crippen LogP contribution in [0.3, 0.4) is 0 Å².